The Labute approximate surface area is 211 Å². The molecule has 0 bridgehead atoms. The van der Waals surface area contributed by atoms with Crippen LogP contribution in [0.1, 0.15) is 62.4 Å². The van der Waals surface area contributed by atoms with E-state index in [1.165, 1.54) is 0 Å². The summed E-state index contributed by atoms with van der Waals surface area (Å²) < 4.78 is 44.0. The first kappa shape index (κ1) is 29.0. The molecule has 0 amide bonds. The van der Waals surface area contributed by atoms with Crippen molar-refractivity contribution in [2.45, 2.75) is 52.6 Å². The minimum absolute atomic E-state index is 0.0343. The maximum Gasteiger partial charge on any atom is 0.416 e. The van der Waals surface area contributed by atoms with Gasteiger partial charge in [0.1, 0.15) is 22.8 Å². The summed E-state index contributed by atoms with van der Waals surface area (Å²) in [4.78, 5) is 36.3. The molecule has 2 aromatic rings. The van der Waals surface area contributed by atoms with Crippen LogP contribution in [0.5, 0.6) is 11.5 Å². The lowest BCUT2D eigenvalue weighted by Crippen LogP contribution is -2.27. The highest BCUT2D eigenvalue weighted by Gasteiger charge is 2.32. The minimum Gasteiger partial charge on any atom is -0.456 e. The van der Waals surface area contributed by atoms with Crippen molar-refractivity contribution >= 4 is 34.6 Å². The van der Waals surface area contributed by atoms with E-state index in [-0.39, 0.29) is 34.8 Å². The number of nitrogens with zero attached hydrogens (tertiary/aromatic N) is 1. The van der Waals surface area contributed by atoms with Crippen molar-refractivity contribution < 1.29 is 32.4 Å². The van der Waals surface area contributed by atoms with E-state index in [0.29, 0.717) is 12.5 Å². The van der Waals surface area contributed by atoms with Gasteiger partial charge in [0.25, 0.3) is 5.69 Å². The van der Waals surface area contributed by atoms with Crippen LogP contribution in [0.4, 0.5) is 18.9 Å². The second-order valence-corrected chi connectivity index (χ2v) is 8.85. The lowest BCUT2D eigenvalue weighted by molar-refractivity contribution is -0.385. The standard InChI is InChI=1S/C25H26ClF3N2O5/c1-4-6-14(3)15(5-2)11-21(32)23(30)24(33)18-13-17(8-9-20(18)31(34)35)36-22-10-7-16(12-19(22)26)25(27,28)29/h7-10,12-15,30H,4-6,11H2,1-3H3. The molecule has 36 heavy (non-hydrogen) atoms. The minimum atomic E-state index is -4.62. The number of Topliss-reactive ketones (excluding diaryl/α,β-unsaturated/α-hetero) is 2. The summed E-state index contributed by atoms with van der Waals surface area (Å²) in [6.07, 6.45) is -2.18. The van der Waals surface area contributed by atoms with Crippen molar-refractivity contribution in [1.82, 2.24) is 0 Å². The summed E-state index contributed by atoms with van der Waals surface area (Å²) in [5, 5.41) is 19.2. The number of hydrogen-bond acceptors (Lipinski definition) is 6. The van der Waals surface area contributed by atoms with Crippen molar-refractivity contribution in [1.29, 1.82) is 5.41 Å². The van der Waals surface area contributed by atoms with Gasteiger partial charge >= 0.3 is 6.18 Å². The van der Waals surface area contributed by atoms with E-state index in [0.717, 1.165) is 43.2 Å². The number of halogens is 4. The average molecular weight is 527 g/mol. The molecule has 0 aliphatic carbocycles. The molecule has 2 rings (SSSR count). The van der Waals surface area contributed by atoms with Crippen LogP contribution in [0.2, 0.25) is 5.02 Å². The molecule has 0 aromatic heterocycles. The number of alkyl halides is 3. The number of benzene rings is 2. The van der Waals surface area contributed by atoms with Crippen molar-refractivity contribution in [3.8, 4) is 11.5 Å². The highest BCUT2D eigenvalue weighted by molar-refractivity contribution is 6.68. The highest BCUT2D eigenvalue weighted by Crippen LogP contribution is 2.37. The van der Waals surface area contributed by atoms with Crippen LogP contribution in [0.15, 0.2) is 36.4 Å². The van der Waals surface area contributed by atoms with Crippen molar-refractivity contribution in [2.24, 2.45) is 11.8 Å². The van der Waals surface area contributed by atoms with Gasteiger partial charge in [-0.1, -0.05) is 51.6 Å². The summed E-state index contributed by atoms with van der Waals surface area (Å²) in [7, 11) is 0. The summed E-state index contributed by atoms with van der Waals surface area (Å²) in [6, 6.07) is 5.43. The summed E-state index contributed by atoms with van der Waals surface area (Å²) in [6.45, 7) is 5.92. The summed E-state index contributed by atoms with van der Waals surface area (Å²) >= 11 is 5.89. The number of carbonyl (C=O) groups excluding carboxylic acids is 2. The fourth-order valence-corrected chi connectivity index (χ4v) is 4.07. The van der Waals surface area contributed by atoms with Crippen LogP contribution < -0.4 is 4.74 Å². The maximum atomic E-state index is 12.9. The van der Waals surface area contributed by atoms with Gasteiger partial charge in [-0.3, -0.25) is 25.1 Å². The quantitative estimate of drug-likeness (QED) is 0.100. The third-order valence-corrected chi connectivity index (χ3v) is 6.22. The predicted octanol–water partition coefficient (Wildman–Crippen LogP) is 7.68. The molecule has 7 nitrogen and oxygen atoms in total. The van der Waals surface area contributed by atoms with E-state index in [9.17, 15) is 32.9 Å². The number of ether oxygens (including phenoxy) is 1. The van der Waals surface area contributed by atoms with Gasteiger partial charge < -0.3 is 4.74 Å². The molecule has 0 aliphatic rings. The fraction of sp³-hybridized carbons (Fsp3) is 0.400. The molecule has 2 unspecified atom stereocenters. The zero-order valence-corrected chi connectivity index (χ0v) is 20.7. The van der Waals surface area contributed by atoms with E-state index >= 15 is 0 Å². The zero-order valence-electron chi connectivity index (χ0n) is 19.9. The molecule has 0 aliphatic heterocycles. The van der Waals surface area contributed by atoms with Crippen LogP contribution in [0, 0.1) is 27.4 Å². The van der Waals surface area contributed by atoms with E-state index in [2.05, 4.69) is 0 Å². The zero-order chi connectivity index (χ0) is 27.2. The second kappa shape index (κ2) is 12.1. The normalized spacial score (nSPS) is 13.1. The summed E-state index contributed by atoms with van der Waals surface area (Å²) in [5.41, 5.74) is -3.07. The Hall–Kier alpha value is -3.27. The van der Waals surface area contributed by atoms with Gasteiger partial charge in [-0.25, -0.2) is 0 Å². The number of nitrogens with one attached hydrogen (secondary N) is 1. The molecule has 0 saturated heterocycles. The van der Waals surface area contributed by atoms with Crippen molar-refractivity contribution in [3.05, 3.63) is 62.7 Å². The highest BCUT2D eigenvalue weighted by atomic mass is 35.5. The third-order valence-electron chi connectivity index (χ3n) is 5.92. The van der Waals surface area contributed by atoms with Gasteiger partial charge in [-0.05, 0) is 42.2 Å². The lowest BCUT2D eigenvalue weighted by Gasteiger charge is -2.21. The van der Waals surface area contributed by atoms with E-state index in [1.54, 1.807) is 0 Å². The first-order valence-electron chi connectivity index (χ1n) is 11.3. The van der Waals surface area contributed by atoms with Crippen molar-refractivity contribution in [2.75, 3.05) is 0 Å². The first-order valence-corrected chi connectivity index (χ1v) is 11.7. The van der Waals surface area contributed by atoms with Gasteiger partial charge in [-0.2, -0.15) is 13.2 Å². The van der Waals surface area contributed by atoms with Gasteiger partial charge in [0, 0.05) is 12.5 Å². The number of ketones is 2. The molecule has 0 radical (unpaired) electrons. The molecule has 0 heterocycles. The van der Waals surface area contributed by atoms with Gasteiger partial charge in [0.2, 0.25) is 5.78 Å². The number of rotatable bonds is 12. The Morgan fingerprint density at radius 3 is 2.36 bits per heavy atom. The van der Waals surface area contributed by atoms with Crippen LogP contribution in [-0.4, -0.2) is 22.2 Å². The topological polar surface area (TPSA) is 110 Å². The molecule has 0 saturated carbocycles. The van der Waals surface area contributed by atoms with Crippen LogP contribution in [0.3, 0.4) is 0 Å². The molecule has 194 valence electrons. The van der Waals surface area contributed by atoms with Crippen LogP contribution in [0.25, 0.3) is 0 Å². The molecular formula is C25H26ClF3N2O5. The third kappa shape index (κ3) is 7.13. The van der Waals surface area contributed by atoms with Crippen LogP contribution >= 0.6 is 11.6 Å². The molecule has 0 fully saturated rings. The smallest absolute Gasteiger partial charge is 0.416 e. The molecular weight excluding hydrogens is 501 g/mol. The average Bonchev–Trinajstić information content (AvgIpc) is 2.81. The molecule has 0 spiro atoms. The van der Waals surface area contributed by atoms with E-state index in [1.807, 2.05) is 20.8 Å². The summed E-state index contributed by atoms with van der Waals surface area (Å²) in [5.74, 6) is -2.04. The number of carbonyl (C=O) groups is 2. The SMILES string of the molecule is CCCC(C)C(CC)CC(=O)C(=N)C(=O)c1cc(Oc2ccc(C(F)(F)F)cc2Cl)ccc1[N+](=O)[O-]. The second-order valence-electron chi connectivity index (χ2n) is 8.45. The number of nitro groups is 1. The molecule has 2 aromatic carbocycles. The van der Waals surface area contributed by atoms with E-state index < -0.39 is 45.2 Å². The Kier molecular flexibility index (Phi) is 9.75. The number of hydrogen-bond donors (Lipinski definition) is 1. The Bertz CT molecular complexity index is 1170. The monoisotopic (exact) mass is 526 g/mol. The van der Waals surface area contributed by atoms with Crippen molar-refractivity contribution in [3.63, 3.8) is 0 Å². The maximum absolute atomic E-state index is 12.9. The Balaban J connectivity index is 2.33. The number of nitro benzene ring substituents is 1. The first-order chi connectivity index (χ1) is 16.8. The molecule has 2 atom stereocenters. The van der Waals surface area contributed by atoms with Gasteiger partial charge in [0.15, 0.2) is 5.78 Å². The Morgan fingerprint density at radius 2 is 1.83 bits per heavy atom. The molecule has 1 N–H and O–H groups in total. The van der Waals surface area contributed by atoms with Gasteiger partial charge in [-0.15, -0.1) is 0 Å². The largest absolute Gasteiger partial charge is 0.456 e. The predicted molar refractivity (Wildman–Crippen MR) is 129 cm³/mol. The van der Waals surface area contributed by atoms with E-state index in [4.69, 9.17) is 21.7 Å². The Morgan fingerprint density at radius 1 is 1.17 bits per heavy atom. The fourth-order valence-electron chi connectivity index (χ4n) is 3.85. The lowest BCUT2D eigenvalue weighted by atomic mass is 9.83. The van der Waals surface area contributed by atoms with Crippen LogP contribution in [-0.2, 0) is 11.0 Å². The molecule has 11 heteroatoms. The van der Waals surface area contributed by atoms with Gasteiger partial charge in [0.05, 0.1) is 15.5 Å².